The molecule has 0 N–H and O–H groups in total. The summed E-state index contributed by atoms with van der Waals surface area (Å²) in [6, 6.07) is 37.5. The molecule has 38 heavy (non-hydrogen) atoms. The molecular formula is C36H34N2+2. The Morgan fingerprint density at radius 3 is 2.29 bits per heavy atom. The fourth-order valence-corrected chi connectivity index (χ4v) is 6.22. The molecule has 3 heterocycles. The van der Waals surface area contributed by atoms with Crippen LogP contribution in [0.25, 0.3) is 33.6 Å². The lowest BCUT2D eigenvalue weighted by atomic mass is 9.79. The molecule has 0 bridgehead atoms. The Balaban J connectivity index is 1.35. The molecule has 2 nitrogen and oxygen atoms in total. The molecule has 0 radical (unpaired) electrons. The van der Waals surface area contributed by atoms with Crippen LogP contribution in [-0.2, 0) is 13.5 Å². The number of allylic oxidation sites excluding steroid dienone is 1. The first-order valence-corrected chi connectivity index (χ1v) is 13.5. The van der Waals surface area contributed by atoms with E-state index < -0.39 is 0 Å². The Labute approximate surface area is 226 Å². The highest BCUT2D eigenvalue weighted by Gasteiger charge is 2.37. The van der Waals surface area contributed by atoms with Gasteiger partial charge in [0.25, 0.3) is 0 Å². The lowest BCUT2D eigenvalue weighted by molar-refractivity contribution is -0.707. The van der Waals surface area contributed by atoms with E-state index in [0.717, 1.165) is 12.8 Å². The van der Waals surface area contributed by atoms with Crippen molar-refractivity contribution in [1.82, 2.24) is 0 Å². The van der Waals surface area contributed by atoms with Gasteiger partial charge in [-0.15, -0.1) is 0 Å². The zero-order chi connectivity index (χ0) is 26.1. The van der Waals surface area contributed by atoms with E-state index in [0.29, 0.717) is 5.92 Å². The Bertz CT molecular complexity index is 1620. The first-order valence-electron chi connectivity index (χ1n) is 13.5. The second-order valence-corrected chi connectivity index (χ2v) is 10.3. The lowest BCUT2D eigenvalue weighted by Gasteiger charge is -2.29. The summed E-state index contributed by atoms with van der Waals surface area (Å²) < 4.78 is 4.68. The third-order valence-corrected chi connectivity index (χ3v) is 8.08. The van der Waals surface area contributed by atoms with Gasteiger partial charge in [-0.2, -0.15) is 4.57 Å². The van der Waals surface area contributed by atoms with Crippen LogP contribution in [0, 0.1) is 6.92 Å². The number of rotatable bonds is 6. The van der Waals surface area contributed by atoms with Gasteiger partial charge in [0.05, 0.1) is 5.92 Å². The number of pyridine rings is 2. The van der Waals surface area contributed by atoms with Crippen LogP contribution in [0.3, 0.4) is 0 Å². The maximum absolute atomic E-state index is 4.26. The van der Waals surface area contributed by atoms with Crippen molar-refractivity contribution in [1.29, 1.82) is 0 Å². The predicted octanol–water partition coefficient (Wildman–Crippen LogP) is 7.57. The van der Waals surface area contributed by atoms with Crippen molar-refractivity contribution in [3.63, 3.8) is 0 Å². The molecule has 2 atom stereocenters. The fraction of sp³-hybridized carbons (Fsp3) is 0.167. The van der Waals surface area contributed by atoms with Crippen molar-refractivity contribution in [2.45, 2.75) is 31.7 Å². The van der Waals surface area contributed by atoms with Gasteiger partial charge in [0, 0.05) is 34.9 Å². The van der Waals surface area contributed by atoms with Crippen molar-refractivity contribution >= 4 is 0 Å². The summed E-state index contributed by atoms with van der Waals surface area (Å²) in [7, 11) is 2.16. The van der Waals surface area contributed by atoms with Gasteiger partial charge in [-0.3, -0.25) is 0 Å². The van der Waals surface area contributed by atoms with E-state index in [1.807, 2.05) is 0 Å². The molecule has 5 aromatic rings. The van der Waals surface area contributed by atoms with E-state index in [1.165, 1.54) is 50.3 Å². The second kappa shape index (κ2) is 10.2. The van der Waals surface area contributed by atoms with Crippen LogP contribution < -0.4 is 9.13 Å². The monoisotopic (exact) mass is 494 g/mol. The van der Waals surface area contributed by atoms with Gasteiger partial charge in [0.15, 0.2) is 18.4 Å². The normalized spacial score (nSPS) is 15.9. The molecule has 0 saturated carbocycles. The van der Waals surface area contributed by atoms with Crippen LogP contribution in [0.15, 0.2) is 128 Å². The topological polar surface area (TPSA) is 7.76 Å². The second-order valence-electron chi connectivity index (χ2n) is 10.3. The molecule has 0 fully saturated rings. The molecule has 2 heteroatoms. The zero-order valence-corrected chi connectivity index (χ0v) is 22.2. The van der Waals surface area contributed by atoms with Gasteiger partial charge >= 0.3 is 0 Å². The SMILES string of the molecule is C=CC1C(CCc2ccccc2-c2cc(C)c(-c3ccccc3)c[n+]2C)c2ccccc2-c2cccc[n+]21. The van der Waals surface area contributed by atoms with Gasteiger partial charge in [-0.25, -0.2) is 4.57 Å². The maximum atomic E-state index is 4.26. The summed E-state index contributed by atoms with van der Waals surface area (Å²) in [6.45, 7) is 6.48. The largest absolute Gasteiger partial charge is 0.213 e. The Kier molecular flexibility index (Phi) is 6.47. The highest BCUT2D eigenvalue weighted by molar-refractivity contribution is 5.70. The molecular weight excluding hydrogens is 460 g/mol. The third-order valence-electron chi connectivity index (χ3n) is 8.08. The van der Waals surface area contributed by atoms with Crippen molar-refractivity contribution in [2.24, 2.45) is 7.05 Å². The first kappa shape index (κ1) is 24.1. The van der Waals surface area contributed by atoms with Crippen LogP contribution >= 0.6 is 0 Å². The molecule has 1 aliphatic rings. The number of aromatic nitrogens is 2. The van der Waals surface area contributed by atoms with Gasteiger partial charge in [0.1, 0.15) is 7.05 Å². The predicted molar refractivity (Wildman–Crippen MR) is 156 cm³/mol. The number of aryl methyl sites for hydroxylation is 3. The number of fused-ring (bicyclic) bond motifs is 3. The molecule has 1 aliphatic heterocycles. The smallest absolute Gasteiger partial charge is 0.200 e. The van der Waals surface area contributed by atoms with E-state index in [9.17, 15) is 0 Å². The van der Waals surface area contributed by atoms with Crippen molar-refractivity contribution in [3.05, 3.63) is 145 Å². The van der Waals surface area contributed by atoms with Crippen molar-refractivity contribution < 1.29 is 9.13 Å². The summed E-state index contributed by atoms with van der Waals surface area (Å²) in [5, 5.41) is 0. The van der Waals surface area contributed by atoms with Crippen LogP contribution in [0.2, 0.25) is 0 Å². The Morgan fingerprint density at radius 2 is 1.47 bits per heavy atom. The quantitative estimate of drug-likeness (QED) is 0.170. The highest BCUT2D eigenvalue weighted by Crippen LogP contribution is 2.41. The minimum atomic E-state index is 0.233. The first-order chi connectivity index (χ1) is 18.7. The molecule has 3 aromatic carbocycles. The highest BCUT2D eigenvalue weighted by atomic mass is 15.0. The summed E-state index contributed by atoms with van der Waals surface area (Å²) in [6.07, 6.45) is 8.66. The fourth-order valence-electron chi connectivity index (χ4n) is 6.22. The number of hydrogen-bond donors (Lipinski definition) is 0. The molecule has 6 rings (SSSR count). The molecule has 0 aliphatic carbocycles. The minimum absolute atomic E-state index is 0.233. The van der Waals surface area contributed by atoms with Gasteiger partial charge in [0.2, 0.25) is 11.4 Å². The maximum Gasteiger partial charge on any atom is 0.213 e. The molecule has 2 aromatic heterocycles. The summed E-state index contributed by atoms with van der Waals surface area (Å²) in [4.78, 5) is 0. The van der Waals surface area contributed by atoms with E-state index in [-0.39, 0.29) is 6.04 Å². The molecule has 0 saturated heterocycles. The minimum Gasteiger partial charge on any atom is -0.200 e. The van der Waals surface area contributed by atoms with Gasteiger partial charge in [-0.1, -0.05) is 73.3 Å². The van der Waals surface area contributed by atoms with Crippen LogP contribution in [-0.4, -0.2) is 0 Å². The molecule has 186 valence electrons. The third kappa shape index (κ3) is 4.26. The summed E-state index contributed by atoms with van der Waals surface area (Å²) in [5.74, 6) is 0.368. The van der Waals surface area contributed by atoms with E-state index in [4.69, 9.17) is 0 Å². The van der Waals surface area contributed by atoms with Crippen LogP contribution in [0.5, 0.6) is 0 Å². The standard InChI is InChI=1S/C36H34N2/c1-4-34-32(30-18-10-11-19-31(30)35-20-12-13-23-38(34)35)22-21-28-16-8-9-17-29(28)36-24-26(2)33(25-37(36)3)27-14-6-5-7-15-27/h4-20,23-25,32,34H,1,21-22H2,2-3H3/q+2. The molecule has 0 amide bonds. The summed E-state index contributed by atoms with van der Waals surface area (Å²) in [5.41, 5.74) is 11.8. The Morgan fingerprint density at radius 1 is 0.763 bits per heavy atom. The number of nitrogens with zero attached hydrogens (tertiary/aromatic N) is 2. The average Bonchev–Trinajstić information content (AvgIpc) is 2.97. The van der Waals surface area contributed by atoms with Crippen LogP contribution in [0.1, 0.15) is 35.1 Å². The van der Waals surface area contributed by atoms with E-state index >= 15 is 0 Å². The Hall–Kier alpha value is -4.30. The molecule has 2 unspecified atom stereocenters. The van der Waals surface area contributed by atoms with Gasteiger partial charge in [-0.05, 0) is 66.3 Å². The molecule has 0 spiro atoms. The lowest BCUT2D eigenvalue weighted by Crippen LogP contribution is -2.46. The average molecular weight is 495 g/mol. The van der Waals surface area contributed by atoms with Gasteiger partial charge < -0.3 is 0 Å². The number of benzene rings is 3. The van der Waals surface area contributed by atoms with Crippen molar-refractivity contribution in [2.75, 3.05) is 0 Å². The van der Waals surface area contributed by atoms with E-state index in [2.05, 4.69) is 151 Å². The van der Waals surface area contributed by atoms with Crippen LogP contribution in [0.4, 0.5) is 0 Å². The van der Waals surface area contributed by atoms with Crippen molar-refractivity contribution in [3.8, 4) is 33.6 Å². The summed E-state index contributed by atoms with van der Waals surface area (Å²) >= 11 is 0. The zero-order valence-electron chi connectivity index (χ0n) is 22.2. The number of hydrogen-bond acceptors (Lipinski definition) is 0. The van der Waals surface area contributed by atoms with E-state index in [1.54, 1.807) is 0 Å².